The topological polar surface area (TPSA) is 116 Å². The molecule has 10 nitrogen and oxygen atoms in total. The van der Waals surface area contributed by atoms with E-state index in [0.29, 0.717) is 43.5 Å². The highest BCUT2D eigenvalue weighted by molar-refractivity contribution is 5.56. The van der Waals surface area contributed by atoms with Gasteiger partial charge in [-0.05, 0) is 87.3 Å². The highest BCUT2D eigenvalue weighted by atomic mass is 19.4. The number of rotatable bonds is 7. The van der Waals surface area contributed by atoms with E-state index in [-0.39, 0.29) is 52.4 Å². The van der Waals surface area contributed by atoms with Gasteiger partial charge in [-0.2, -0.15) is 18.3 Å². The van der Waals surface area contributed by atoms with Gasteiger partial charge in [0, 0.05) is 17.5 Å². The second-order valence-corrected chi connectivity index (χ2v) is 12.7. The van der Waals surface area contributed by atoms with Gasteiger partial charge >= 0.3 is 18.2 Å². The van der Waals surface area contributed by atoms with E-state index in [4.69, 9.17) is 4.74 Å². The Hall–Kier alpha value is -4.47. The van der Waals surface area contributed by atoms with Gasteiger partial charge in [-0.25, -0.2) is 13.9 Å². The molecule has 0 spiro atoms. The Kier molecular flexibility index (Phi) is 6.53. The third kappa shape index (κ3) is 5.12. The molecule has 1 unspecified atom stereocenters. The molecule has 3 saturated carbocycles. The Morgan fingerprint density at radius 3 is 2.64 bits per heavy atom. The van der Waals surface area contributed by atoms with E-state index in [0.717, 1.165) is 6.07 Å². The molecule has 3 heterocycles. The second kappa shape index (κ2) is 10.3. The van der Waals surface area contributed by atoms with Crippen LogP contribution in [0.3, 0.4) is 0 Å². The number of fused-ring (bicyclic) bond motifs is 3. The number of anilines is 1. The SMILES string of the molecule is C[C@H](Nc1cc(-n2nc(C(F)(F)F)c3c2[C@@H](OC24CC(C2)C(c2noc(=O)[nH]2)C4)CCC3)ccc1F)c1ccc2c(c1)OC(F)(F)O2. The molecule has 47 heavy (non-hydrogen) atoms. The van der Waals surface area contributed by atoms with Crippen molar-refractivity contribution in [2.75, 3.05) is 5.32 Å². The number of halogens is 6. The molecule has 0 saturated heterocycles. The van der Waals surface area contributed by atoms with Crippen molar-refractivity contribution in [1.29, 1.82) is 0 Å². The minimum Gasteiger partial charge on any atom is -0.395 e. The van der Waals surface area contributed by atoms with Crippen LogP contribution in [0.4, 0.5) is 32.0 Å². The summed E-state index contributed by atoms with van der Waals surface area (Å²) in [6, 6.07) is 7.37. The first kappa shape index (κ1) is 29.9. The molecule has 2 aromatic heterocycles. The summed E-state index contributed by atoms with van der Waals surface area (Å²) < 4.78 is 107. The van der Waals surface area contributed by atoms with Gasteiger partial charge in [-0.1, -0.05) is 11.2 Å². The van der Waals surface area contributed by atoms with Crippen molar-refractivity contribution in [3.63, 3.8) is 0 Å². The Labute approximate surface area is 262 Å². The van der Waals surface area contributed by atoms with Crippen LogP contribution < -0.4 is 20.5 Å². The maximum atomic E-state index is 15.1. The zero-order chi connectivity index (χ0) is 32.9. The summed E-state index contributed by atoms with van der Waals surface area (Å²) in [6.07, 6.45) is -6.32. The second-order valence-electron chi connectivity index (χ2n) is 12.7. The van der Waals surface area contributed by atoms with Gasteiger partial charge in [-0.3, -0.25) is 9.51 Å². The highest BCUT2D eigenvalue weighted by Crippen LogP contribution is 2.62. The molecule has 3 atom stereocenters. The van der Waals surface area contributed by atoms with E-state index in [1.54, 1.807) is 6.92 Å². The predicted octanol–water partition coefficient (Wildman–Crippen LogP) is 6.93. The summed E-state index contributed by atoms with van der Waals surface area (Å²) in [4.78, 5) is 14.1. The Bertz CT molecular complexity index is 1930. The lowest BCUT2D eigenvalue weighted by Crippen LogP contribution is -2.40. The molecule has 2 aromatic carbocycles. The van der Waals surface area contributed by atoms with Crippen LogP contribution in [-0.2, 0) is 17.3 Å². The molecule has 4 aromatic rings. The lowest BCUT2D eigenvalue weighted by molar-refractivity contribution is -0.286. The smallest absolute Gasteiger partial charge is 0.395 e. The zero-order valence-corrected chi connectivity index (χ0v) is 24.7. The summed E-state index contributed by atoms with van der Waals surface area (Å²) in [5.41, 5.74) is -0.688. The number of hydrogen-bond acceptors (Lipinski definition) is 8. The third-order valence-corrected chi connectivity index (χ3v) is 9.61. The molecule has 16 heteroatoms. The van der Waals surface area contributed by atoms with Gasteiger partial charge in [-0.15, -0.1) is 8.78 Å². The fourth-order valence-electron chi connectivity index (χ4n) is 7.57. The average Bonchev–Trinajstić information content (AvgIpc) is 3.79. The molecule has 3 fully saturated rings. The van der Waals surface area contributed by atoms with Crippen LogP contribution in [0.5, 0.6) is 11.5 Å². The van der Waals surface area contributed by atoms with Gasteiger partial charge < -0.3 is 19.5 Å². The standard InChI is InChI=1S/C31H27F6N5O5/c1-14(15-5-8-22-24(9-15)46-31(36,37)45-22)38-21-10-17(6-7-20(21)32)42-25-18(26(40-42)30(33,34)35)3-2-4-23(25)44-29-11-16(12-29)19(13-29)27-39-28(43)47-41-27/h5-10,14,16,19,23,38H,2-4,11-13H2,1H3,(H,39,41,43)/t14-,16?,19?,23-,29?/m0/s1. The summed E-state index contributed by atoms with van der Waals surface area (Å²) in [6.45, 7) is 1.66. The quantitative estimate of drug-likeness (QED) is 0.205. The number of ether oxygens (including phenoxy) is 3. The van der Waals surface area contributed by atoms with E-state index in [2.05, 4.69) is 34.6 Å². The molecule has 9 rings (SSSR count). The van der Waals surface area contributed by atoms with Crippen LogP contribution >= 0.6 is 0 Å². The monoisotopic (exact) mass is 663 g/mol. The van der Waals surface area contributed by atoms with E-state index in [1.165, 1.54) is 35.0 Å². The molecular weight excluding hydrogens is 636 g/mol. The van der Waals surface area contributed by atoms with Crippen LogP contribution in [0.15, 0.2) is 45.7 Å². The van der Waals surface area contributed by atoms with Crippen LogP contribution in [-0.4, -0.2) is 31.8 Å². The Balaban J connectivity index is 1.10. The number of benzene rings is 2. The number of nitrogens with zero attached hydrogens (tertiary/aromatic N) is 3. The number of alkyl halides is 5. The molecule has 0 radical (unpaired) electrons. The van der Waals surface area contributed by atoms with Crippen LogP contribution in [0, 0.1) is 11.7 Å². The first-order valence-corrected chi connectivity index (χ1v) is 15.2. The summed E-state index contributed by atoms with van der Waals surface area (Å²) >= 11 is 0. The van der Waals surface area contributed by atoms with Crippen LogP contribution in [0.1, 0.15) is 85.4 Å². The van der Waals surface area contributed by atoms with E-state index >= 15 is 4.39 Å². The number of H-pyrrole nitrogens is 1. The van der Waals surface area contributed by atoms with Crippen molar-refractivity contribution in [3.05, 3.63) is 81.1 Å². The normalized spacial score (nSPS) is 26.1. The summed E-state index contributed by atoms with van der Waals surface area (Å²) in [7, 11) is 0. The average molecular weight is 664 g/mol. The van der Waals surface area contributed by atoms with Crippen molar-refractivity contribution >= 4 is 5.69 Å². The Morgan fingerprint density at radius 1 is 1.11 bits per heavy atom. The molecule has 4 aliphatic carbocycles. The molecule has 2 bridgehead atoms. The van der Waals surface area contributed by atoms with Crippen molar-refractivity contribution in [1.82, 2.24) is 19.9 Å². The first-order valence-electron chi connectivity index (χ1n) is 15.2. The van der Waals surface area contributed by atoms with Crippen LogP contribution in [0.2, 0.25) is 0 Å². The molecule has 248 valence electrons. The van der Waals surface area contributed by atoms with Gasteiger partial charge in [0.2, 0.25) is 0 Å². The fourth-order valence-corrected chi connectivity index (χ4v) is 7.57. The van der Waals surface area contributed by atoms with E-state index in [9.17, 15) is 26.7 Å². The fraction of sp³-hybridized carbons (Fsp3) is 0.452. The van der Waals surface area contributed by atoms with E-state index < -0.39 is 47.5 Å². The molecule has 2 N–H and O–H groups in total. The predicted molar refractivity (Wildman–Crippen MR) is 150 cm³/mol. The molecule has 0 amide bonds. The van der Waals surface area contributed by atoms with Crippen molar-refractivity contribution in [3.8, 4) is 17.2 Å². The summed E-state index contributed by atoms with van der Waals surface area (Å²) in [5.74, 6) is -1.10. The summed E-state index contributed by atoms with van der Waals surface area (Å²) in [5, 5.41) is 10.8. The largest absolute Gasteiger partial charge is 0.586 e. The lowest BCUT2D eigenvalue weighted by Gasteiger charge is -2.42. The lowest BCUT2D eigenvalue weighted by atomic mass is 9.78. The number of aromatic amines is 1. The number of hydrogen-bond donors (Lipinski definition) is 2. The van der Waals surface area contributed by atoms with Crippen molar-refractivity contribution in [2.45, 2.75) is 81.6 Å². The van der Waals surface area contributed by atoms with Crippen LogP contribution in [0.25, 0.3) is 5.69 Å². The van der Waals surface area contributed by atoms with Gasteiger partial charge in [0.1, 0.15) is 11.9 Å². The molecule has 5 aliphatic rings. The third-order valence-electron chi connectivity index (χ3n) is 9.61. The number of nitrogens with one attached hydrogen (secondary N) is 2. The van der Waals surface area contributed by atoms with Crippen molar-refractivity contribution < 1.29 is 45.1 Å². The highest BCUT2D eigenvalue weighted by Gasteiger charge is 2.60. The maximum absolute atomic E-state index is 15.1. The van der Waals surface area contributed by atoms with E-state index in [1.807, 2.05) is 0 Å². The number of aromatic nitrogens is 4. The first-order chi connectivity index (χ1) is 22.3. The van der Waals surface area contributed by atoms with Gasteiger partial charge in [0.25, 0.3) is 0 Å². The minimum atomic E-state index is -4.74. The van der Waals surface area contributed by atoms with Gasteiger partial charge in [0.05, 0.1) is 22.7 Å². The van der Waals surface area contributed by atoms with Gasteiger partial charge in [0.15, 0.2) is 23.0 Å². The van der Waals surface area contributed by atoms with Crippen molar-refractivity contribution in [2.24, 2.45) is 5.92 Å². The molecular formula is C31H27F6N5O5. The minimum absolute atomic E-state index is 0.0373. The maximum Gasteiger partial charge on any atom is 0.586 e. The Morgan fingerprint density at radius 2 is 1.89 bits per heavy atom. The molecule has 1 aliphatic heterocycles. The zero-order valence-electron chi connectivity index (χ0n) is 24.7.